The number of hydroxylamine groups is 1. The molecule has 0 bridgehead atoms. The van der Waals surface area contributed by atoms with Crippen LogP contribution in [0, 0.1) is 0 Å². The summed E-state index contributed by atoms with van der Waals surface area (Å²) in [5.41, 5.74) is 3.35. The third kappa shape index (κ3) is 4.76. The van der Waals surface area contributed by atoms with Crippen LogP contribution in [0.3, 0.4) is 0 Å². The minimum absolute atomic E-state index is 0.147. The van der Waals surface area contributed by atoms with Crippen molar-refractivity contribution >= 4 is 56.2 Å². The molecule has 8 nitrogen and oxygen atoms in total. The quantitative estimate of drug-likeness (QED) is 0.552. The van der Waals surface area contributed by atoms with Gasteiger partial charge in [0.15, 0.2) is 0 Å². The molecule has 1 heterocycles. The number of carbonyl (C=O) groups is 1. The summed E-state index contributed by atoms with van der Waals surface area (Å²) >= 11 is 11.9. The number of nitrogens with one attached hydrogen (secondary N) is 2. The molecule has 0 saturated heterocycles. The Bertz CT molecular complexity index is 937. The van der Waals surface area contributed by atoms with Gasteiger partial charge in [0.25, 0.3) is 5.91 Å². The van der Waals surface area contributed by atoms with Gasteiger partial charge in [-0.1, -0.05) is 23.2 Å². The molecule has 0 atom stereocenters. The lowest BCUT2D eigenvalue weighted by Crippen LogP contribution is -2.26. The maximum Gasteiger partial charge on any atom is 0.278 e. The highest BCUT2D eigenvalue weighted by molar-refractivity contribution is 7.92. The minimum Gasteiger partial charge on any atom is -0.353 e. The van der Waals surface area contributed by atoms with Gasteiger partial charge in [-0.15, -0.1) is 0 Å². The molecular weight excluding hydrogens is 403 g/mol. The predicted octanol–water partition coefficient (Wildman–Crippen LogP) is 2.82. The Morgan fingerprint density at radius 2 is 1.92 bits per heavy atom. The van der Waals surface area contributed by atoms with Crippen molar-refractivity contribution in [3.05, 3.63) is 46.2 Å². The Labute approximate surface area is 161 Å². The molecule has 2 rings (SSSR count). The van der Waals surface area contributed by atoms with Crippen LogP contribution in [0.2, 0.25) is 10.2 Å². The van der Waals surface area contributed by atoms with Crippen molar-refractivity contribution in [1.82, 2.24) is 10.5 Å². The number of amides is 1. The fourth-order valence-electron chi connectivity index (χ4n) is 2.06. The van der Waals surface area contributed by atoms with Crippen LogP contribution in [-0.4, -0.2) is 39.7 Å². The van der Waals surface area contributed by atoms with E-state index in [1.54, 1.807) is 12.1 Å². The van der Waals surface area contributed by atoms with Crippen molar-refractivity contribution in [3.8, 4) is 0 Å². The standard InChI is InChI=1S/C15H16Cl2N4O4S/c1-21(26(3,23)24)13-6-9(16)4-5-11(13)19-12-7-14(17)18-8-10(12)15(22)20-25-2/h4-8H,1-3H3,(H,18,19)(H,20,22). The van der Waals surface area contributed by atoms with Gasteiger partial charge < -0.3 is 5.32 Å². The highest BCUT2D eigenvalue weighted by atomic mass is 35.5. The summed E-state index contributed by atoms with van der Waals surface area (Å²) in [6.45, 7) is 0. The van der Waals surface area contributed by atoms with E-state index in [-0.39, 0.29) is 10.7 Å². The average Bonchev–Trinajstić information content (AvgIpc) is 2.55. The van der Waals surface area contributed by atoms with Gasteiger partial charge in [-0.2, -0.15) is 0 Å². The van der Waals surface area contributed by atoms with Gasteiger partial charge in [-0.05, 0) is 24.3 Å². The Hall–Kier alpha value is -2.07. The summed E-state index contributed by atoms with van der Waals surface area (Å²) in [6, 6.07) is 6.10. The molecule has 0 saturated carbocycles. The van der Waals surface area contributed by atoms with Crippen molar-refractivity contribution < 1.29 is 18.0 Å². The van der Waals surface area contributed by atoms with Gasteiger partial charge >= 0.3 is 0 Å². The third-order valence-electron chi connectivity index (χ3n) is 3.38. The zero-order valence-corrected chi connectivity index (χ0v) is 16.4. The van der Waals surface area contributed by atoms with Gasteiger partial charge in [0.1, 0.15) is 5.15 Å². The van der Waals surface area contributed by atoms with Crippen LogP contribution in [0.5, 0.6) is 0 Å². The summed E-state index contributed by atoms with van der Waals surface area (Å²) in [4.78, 5) is 20.6. The lowest BCUT2D eigenvalue weighted by atomic mass is 10.2. The van der Waals surface area contributed by atoms with E-state index in [9.17, 15) is 13.2 Å². The first-order valence-corrected chi connectivity index (χ1v) is 9.73. The third-order valence-corrected chi connectivity index (χ3v) is 5.01. The second kappa shape index (κ2) is 8.09. The number of carbonyl (C=O) groups excluding carboxylic acids is 1. The lowest BCUT2D eigenvalue weighted by molar-refractivity contribution is 0.0538. The van der Waals surface area contributed by atoms with Crippen molar-refractivity contribution in [3.63, 3.8) is 0 Å². The molecule has 0 radical (unpaired) electrons. The topological polar surface area (TPSA) is 101 Å². The van der Waals surface area contributed by atoms with E-state index in [0.717, 1.165) is 10.6 Å². The molecule has 1 aromatic heterocycles. The number of benzene rings is 1. The molecule has 26 heavy (non-hydrogen) atoms. The Balaban J connectivity index is 2.53. The van der Waals surface area contributed by atoms with Crippen LogP contribution in [-0.2, 0) is 14.9 Å². The number of pyridine rings is 1. The number of hydrogen-bond donors (Lipinski definition) is 2. The maximum absolute atomic E-state index is 12.1. The SMILES string of the molecule is CONC(=O)c1cnc(Cl)cc1Nc1ccc(Cl)cc1N(C)S(C)(=O)=O. The van der Waals surface area contributed by atoms with Crippen LogP contribution in [0.15, 0.2) is 30.5 Å². The lowest BCUT2D eigenvalue weighted by Gasteiger charge is -2.22. The summed E-state index contributed by atoms with van der Waals surface area (Å²) < 4.78 is 24.9. The molecule has 0 aliphatic heterocycles. The molecule has 0 unspecified atom stereocenters. The number of anilines is 3. The minimum atomic E-state index is -3.53. The first-order valence-electron chi connectivity index (χ1n) is 7.13. The van der Waals surface area contributed by atoms with E-state index < -0.39 is 15.9 Å². The predicted molar refractivity (Wildman–Crippen MR) is 102 cm³/mol. The first kappa shape index (κ1) is 20.2. The van der Waals surface area contributed by atoms with E-state index in [2.05, 4.69) is 20.6 Å². The molecule has 0 spiro atoms. The van der Waals surface area contributed by atoms with Gasteiger partial charge in [-0.25, -0.2) is 18.9 Å². The van der Waals surface area contributed by atoms with Crippen molar-refractivity contribution in [1.29, 1.82) is 0 Å². The molecule has 140 valence electrons. The summed E-state index contributed by atoms with van der Waals surface area (Å²) in [7, 11) is -0.842. The highest BCUT2D eigenvalue weighted by Gasteiger charge is 2.19. The van der Waals surface area contributed by atoms with Gasteiger partial charge in [0, 0.05) is 18.3 Å². The smallest absolute Gasteiger partial charge is 0.278 e. The van der Waals surface area contributed by atoms with Crippen LogP contribution >= 0.6 is 23.2 Å². The van der Waals surface area contributed by atoms with Crippen molar-refractivity contribution in [2.24, 2.45) is 0 Å². The Morgan fingerprint density at radius 3 is 2.54 bits per heavy atom. The van der Waals surface area contributed by atoms with E-state index >= 15 is 0 Å². The maximum atomic E-state index is 12.1. The number of nitrogens with zero attached hydrogens (tertiary/aromatic N) is 2. The zero-order valence-electron chi connectivity index (χ0n) is 14.1. The fraction of sp³-hybridized carbons (Fsp3) is 0.200. The molecule has 11 heteroatoms. The number of hydrogen-bond acceptors (Lipinski definition) is 6. The van der Waals surface area contributed by atoms with Crippen LogP contribution in [0.4, 0.5) is 17.1 Å². The number of aromatic nitrogens is 1. The van der Waals surface area contributed by atoms with Crippen molar-refractivity contribution in [2.45, 2.75) is 0 Å². The summed E-state index contributed by atoms with van der Waals surface area (Å²) in [6.07, 6.45) is 2.34. The van der Waals surface area contributed by atoms with E-state index in [1.165, 1.54) is 32.5 Å². The fourth-order valence-corrected chi connectivity index (χ4v) is 2.89. The molecular formula is C15H16Cl2N4O4S. The number of rotatable bonds is 6. The second-order valence-corrected chi connectivity index (χ2v) is 8.04. The average molecular weight is 419 g/mol. The van der Waals surface area contributed by atoms with Gasteiger partial charge in [0.2, 0.25) is 10.0 Å². The molecule has 2 N–H and O–H groups in total. The van der Waals surface area contributed by atoms with Crippen LogP contribution in [0.1, 0.15) is 10.4 Å². The molecule has 0 aliphatic carbocycles. The molecule has 2 aromatic rings. The van der Waals surface area contributed by atoms with Crippen LogP contribution in [0.25, 0.3) is 0 Å². The monoisotopic (exact) mass is 418 g/mol. The highest BCUT2D eigenvalue weighted by Crippen LogP contribution is 2.33. The Morgan fingerprint density at radius 1 is 1.23 bits per heavy atom. The number of sulfonamides is 1. The van der Waals surface area contributed by atoms with Gasteiger partial charge in [0.05, 0.1) is 36.0 Å². The molecule has 1 amide bonds. The van der Waals surface area contributed by atoms with E-state index in [1.807, 2.05) is 0 Å². The molecule has 0 fully saturated rings. The van der Waals surface area contributed by atoms with Gasteiger partial charge in [-0.3, -0.25) is 13.9 Å². The normalized spacial score (nSPS) is 11.1. The first-order chi connectivity index (χ1) is 12.1. The molecule has 1 aromatic carbocycles. The van der Waals surface area contributed by atoms with E-state index in [0.29, 0.717) is 22.1 Å². The zero-order chi connectivity index (χ0) is 19.5. The molecule has 0 aliphatic rings. The summed E-state index contributed by atoms with van der Waals surface area (Å²) in [5, 5.41) is 3.50. The van der Waals surface area contributed by atoms with Crippen molar-refractivity contribution in [2.75, 3.05) is 30.0 Å². The van der Waals surface area contributed by atoms with Crippen LogP contribution < -0.4 is 15.1 Å². The largest absolute Gasteiger partial charge is 0.353 e. The second-order valence-electron chi connectivity index (χ2n) is 5.20. The summed E-state index contributed by atoms with van der Waals surface area (Å²) in [5.74, 6) is -0.550. The number of halogens is 2. The Kier molecular flexibility index (Phi) is 6.30. The van der Waals surface area contributed by atoms with E-state index in [4.69, 9.17) is 23.2 Å².